The van der Waals surface area contributed by atoms with Crippen LogP contribution in [0.5, 0.6) is 11.5 Å². The molecule has 0 spiro atoms. The molecule has 1 aromatic rings. The van der Waals surface area contributed by atoms with Crippen LogP contribution in [0.25, 0.3) is 0 Å². The molecule has 0 atom stereocenters. The first-order chi connectivity index (χ1) is 9.51. The minimum absolute atomic E-state index is 0.0314. The molecule has 0 heterocycles. The second-order valence-corrected chi connectivity index (χ2v) is 3.66. The van der Waals surface area contributed by atoms with E-state index in [1.165, 1.54) is 7.11 Å². The van der Waals surface area contributed by atoms with Crippen molar-refractivity contribution < 1.29 is 29.0 Å². The molecule has 1 rings (SSSR count). The molecule has 0 saturated heterocycles. The maximum absolute atomic E-state index is 11.5. The highest BCUT2D eigenvalue weighted by molar-refractivity contribution is 5.91. The van der Waals surface area contributed by atoms with Gasteiger partial charge in [0, 0.05) is 13.2 Å². The molecule has 0 aromatic heterocycles. The van der Waals surface area contributed by atoms with Crippen LogP contribution in [0.3, 0.4) is 0 Å². The van der Waals surface area contributed by atoms with Gasteiger partial charge in [-0.05, 0) is 13.0 Å². The van der Waals surface area contributed by atoms with E-state index in [0.29, 0.717) is 0 Å². The zero-order valence-corrected chi connectivity index (χ0v) is 11.1. The number of carbonyl (C=O) groups is 1. The molecular weight excluding hydrogens is 270 g/mol. The van der Waals surface area contributed by atoms with Gasteiger partial charge in [0.1, 0.15) is 6.61 Å². The predicted molar refractivity (Wildman–Crippen MR) is 68.1 cm³/mol. The number of aromatic hydroxyl groups is 1. The van der Waals surface area contributed by atoms with Crippen molar-refractivity contribution in [1.29, 1.82) is 0 Å². The van der Waals surface area contributed by atoms with Crippen molar-refractivity contribution in [2.45, 2.75) is 6.92 Å². The maximum Gasteiger partial charge on any atom is 0.338 e. The Morgan fingerprint density at radius 2 is 2.10 bits per heavy atom. The van der Waals surface area contributed by atoms with Crippen molar-refractivity contribution in [3.63, 3.8) is 0 Å². The van der Waals surface area contributed by atoms with Crippen LogP contribution in [-0.2, 0) is 9.47 Å². The SMILES string of the molecule is CCOC(=O)c1cc(O)c(OCCOC)c([N+](=O)[O-])c1. The van der Waals surface area contributed by atoms with Gasteiger partial charge in [-0.15, -0.1) is 0 Å². The van der Waals surface area contributed by atoms with Crippen LogP contribution in [0, 0.1) is 10.1 Å². The van der Waals surface area contributed by atoms with Crippen molar-refractivity contribution in [2.24, 2.45) is 0 Å². The first kappa shape index (κ1) is 15.7. The fraction of sp³-hybridized carbons (Fsp3) is 0.417. The monoisotopic (exact) mass is 285 g/mol. The molecule has 20 heavy (non-hydrogen) atoms. The zero-order valence-electron chi connectivity index (χ0n) is 11.1. The van der Waals surface area contributed by atoms with Crippen LogP contribution in [0.1, 0.15) is 17.3 Å². The Bertz CT molecular complexity index is 501. The normalized spacial score (nSPS) is 10.1. The summed E-state index contributed by atoms with van der Waals surface area (Å²) in [4.78, 5) is 21.8. The van der Waals surface area contributed by atoms with Gasteiger partial charge in [-0.2, -0.15) is 0 Å². The molecule has 0 radical (unpaired) electrons. The van der Waals surface area contributed by atoms with E-state index in [1.54, 1.807) is 6.92 Å². The summed E-state index contributed by atoms with van der Waals surface area (Å²) in [5, 5.41) is 20.7. The number of hydrogen-bond donors (Lipinski definition) is 1. The molecule has 1 N–H and O–H groups in total. The Morgan fingerprint density at radius 3 is 2.65 bits per heavy atom. The molecule has 0 aliphatic carbocycles. The van der Waals surface area contributed by atoms with Gasteiger partial charge < -0.3 is 19.3 Å². The lowest BCUT2D eigenvalue weighted by Crippen LogP contribution is -2.09. The summed E-state index contributed by atoms with van der Waals surface area (Å²) in [5.74, 6) is -1.56. The van der Waals surface area contributed by atoms with Gasteiger partial charge in [0.15, 0.2) is 5.75 Å². The van der Waals surface area contributed by atoms with E-state index in [-0.39, 0.29) is 31.1 Å². The van der Waals surface area contributed by atoms with Crippen LogP contribution < -0.4 is 4.74 Å². The van der Waals surface area contributed by atoms with E-state index in [4.69, 9.17) is 14.2 Å². The number of ether oxygens (including phenoxy) is 3. The lowest BCUT2D eigenvalue weighted by atomic mass is 10.1. The Morgan fingerprint density at radius 1 is 1.40 bits per heavy atom. The molecule has 0 unspecified atom stereocenters. The summed E-state index contributed by atoms with van der Waals surface area (Å²) < 4.78 is 14.6. The number of benzene rings is 1. The smallest absolute Gasteiger partial charge is 0.338 e. The van der Waals surface area contributed by atoms with Crippen LogP contribution >= 0.6 is 0 Å². The number of methoxy groups -OCH3 is 1. The van der Waals surface area contributed by atoms with Gasteiger partial charge in [-0.25, -0.2) is 4.79 Å². The third-order valence-corrected chi connectivity index (χ3v) is 2.29. The number of nitrogens with zero attached hydrogens (tertiary/aromatic N) is 1. The minimum atomic E-state index is -0.755. The Kier molecular flexibility index (Phi) is 5.73. The number of nitro benzene ring substituents is 1. The van der Waals surface area contributed by atoms with E-state index in [0.717, 1.165) is 12.1 Å². The van der Waals surface area contributed by atoms with E-state index >= 15 is 0 Å². The van der Waals surface area contributed by atoms with Crippen LogP contribution in [0.2, 0.25) is 0 Å². The molecule has 0 amide bonds. The van der Waals surface area contributed by atoms with Crippen LogP contribution in [-0.4, -0.2) is 42.9 Å². The highest BCUT2D eigenvalue weighted by Gasteiger charge is 2.24. The fourth-order valence-corrected chi connectivity index (χ4v) is 1.44. The van der Waals surface area contributed by atoms with Crippen molar-refractivity contribution >= 4 is 11.7 Å². The molecular formula is C12H15NO7. The molecule has 0 bridgehead atoms. The second-order valence-electron chi connectivity index (χ2n) is 3.66. The molecule has 110 valence electrons. The predicted octanol–water partition coefficient (Wildman–Crippen LogP) is 1.50. The summed E-state index contributed by atoms with van der Waals surface area (Å²) in [6.07, 6.45) is 0. The molecule has 0 fully saturated rings. The molecule has 0 saturated carbocycles. The standard InChI is InChI=1S/C12H15NO7/c1-3-19-12(15)8-6-9(13(16)17)11(10(14)7-8)20-5-4-18-2/h6-7,14H,3-5H2,1-2H3. The number of esters is 1. The number of phenols is 1. The van der Waals surface area contributed by atoms with Gasteiger partial charge in [0.25, 0.3) is 0 Å². The van der Waals surface area contributed by atoms with Crippen molar-refractivity contribution in [3.05, 3.63) is 27.8 Å². The van der Waals surface area contributed by atoms with E-state index in [2.05, 4.69) is 0 Å². The average Bonchev–Trinajstić information content (AvgIpc) is 2.40. The molecule has 1 aromatic carbocycles. The third-order valence-electron chi connectivity index (χ3n) is 2.29. The second kappa shape index (κ2) is 7.29. The lowest BCUT2D eigenvalue weighted by Gasteiger charge is -2.09. The van der Waals surface area contributed by atoms with Gasteiger partial charge in [0.2, 0.25) is 5.75 Å². The Balaban J connectivity index is 3.12. The fourth-order valence-electron chi connectivity index (χ4n) is 1.44. The van der Waals surface area contributed by atoms with Gasteiger partial charge in [-0.1, -0.05) is 0 Å². The maximum atomic E-state index is 11.5. The van der Waals surface area contributed by atoms with Crippen molar-refractivity contribution in [3.8, 4) is 11.5 Å². The van der Waals surface area contributed by atoms with Gasteiger partial charge in [0.05, 0.1) is 23.7 Å². The summed E-state index contributed by atoms with van der Waals surface area (Å²) >= 11 is 0. The quantitative estimate of drug-likeness (QED) is 0.350. The average molecular weight is 285 g/mol. The number of nitro groups is 1. The van der Waals surface area contributed by atoms with E-state index in [9.17, 15) is 20.0 Å². The van der Waals surface area contributed by atoms with Gasteiger partial charge >= 0.3 is 11.7 Å². The molecule has 0 aliphatic rings. The summed E-state index contributed by atoms with van der Waals surface area (Å²) in [6, 6.07) is 2.06. The van der Waals surface area contributed by atoms with Crippen LogP contribution in [0.15, 0.2) is 12.1 Å². The highest BCUT2D eigenvalue weighted by atomic mass is 16.6. The van der Waals surface area contributed by atoms with Crippen molar-refractivity contribution in [1.82, 2.24) is 0 Å². The number of phenolic OH excluding ortho intramolecular Hbond substituents is 1. The van der Waals surface area contributed by atoms with Crippen molar-refractivity contribution in [2.75, 3.05) is 26.9 Å². The highest BCUT2D eigenvalue weighted by Crippen LogP contribution is 2.37. The minimum Gasteiger partial charge on any atom is -0.504 e. The number of carbonyl (C=O) groups excluding carboxylic acids is 1. The summed E-state index contributed by atoms with van der Waals surface area (Å²) in [6.45, 7) is 1.97. The molecule has 8 nitrogen and oxygen atoms in total. The first-order valence-electron chi connectivity index (χ1n) is 5.81. The summed E-state index contributed by atoms with van der Waals surface area (Å²) in [5.41, 5.74) is -0.626. The number of rotatable bonds is 7. The third kappa shape index (κ3) is 3.82. The summed E-state index contributed by atoms with van der Waals surface area (Å²) in [7, 11) is 1.45. The van der Waals surface area contributed by atoms with Crippen LogP contribution in [0.4, 0.5) is 5.69 Å². The largest absolute Gasteiger partial charge is 0.504 e. The topological polar surface area (TPSA) is 108 Å². The molecule has 0 aliphatic heterocycles. The Labute approximate surface area is 115 Å². The zero-order chi connectivity index (χ0) is 15.1. The van der Waals surface area contributed by atoms with E-state index < -0.39 is 22.3 Å². The molecule has 8 heteroatoms. The Hall–Kier alpha value is -2.35. The number of hydrogen-bond acceptors (Lipinski definition) is 7. The van der Waals surface area contributed by atoms with Gasteiger partial charge in [-0.3, -0.25) is 10.1 Å². The lowest BCUT2D eigenvalue weighted by molar-refractivity contribution is -0.386. The first-order valence-corrected chi connectivity index (χ1v) is 5.81. The van der Waals surface area contributed by atoms with E-state index in [1.807, 2.05) is 0 Å².